The number of Topliss-reactive ketones (excluding diaryl/α,β-unsaturated/α-hetero) is 1. The van der Waals surface area contributed by atoms with Crippen molar-refractivity contribution in [1.29, 1.82) is 0 Å². The fourth-order valence-corrected chi connectivity index (χ4v) is 3.72. The van der Waals surface area contributed by atoms with Crippen LogP contribution in [-0.2, 0) is 9.53 Å². The van der Waals surface area contributed by atoms with E-state index in [4.69, 9.17) is 4.74 Å². The maximum atomic E-state index is 12.6. The van der Waals surface area contributed by atoms with Gasteiger partial charge in [-0.2, -0.15) is 0 Å². The molecule has 1 aliphatic carbocycles. The second-order valence-electron chi connectivity index (χ2n) is 6.30. The predicted octanol–water partition coefficient (Wildman–Crippen LogP) is 3.44. The molecule has 0 aromatic heterocycles. The smallest absolute Gasteiger partial charge is 0.141 e. The first-order chi connectivity index (χ1) is 8.00. The van der Waals surface area contributed by atoms with Gasteiger partial charge in [-0.25, -0.2) is 0 Å². The van der Waals surface area contributed by atoms with Crippen molar-refractivity contribution in [3.8, 4) is 0 Å². The summed E-state index contributed by atoms with van der Waals surface area (Å²) in [5.41, 5.74) is 0. The standard InChI is InChI=1S/C15H26O2/c1-9-6-5-7-13(8-9)15(16)14-10(2)11(3)17-12(14)4/h9-14H,5-8H2,1-4H3. The summed E-state index contributed by atoms with van der Waals surface area (Å²) in [6.45, 7) is 8.61. The fraction of sp³-hybridized carbons (Fsp3) is 0.933. The lowest BCUT2D eigenvalue weighted by atomic mass is 9.73. The third-order valence-corrected chi connectivity index (χ3v) is 4.91. The molecule has 0 bridgehead atoms. The zero-order valence-corrected chi connectivity index (χ0v) is 11.6. The summed E-state index contributed by atoms with van der Waals surface area (Å²) in [6.07, 6.45) is 5.08. The summed E-state index contributed by atoms with van der Waals surface area (Å²) in [6, 6.07) is 0. The molecule has 0 amide bonds. The SMILES string of the molecule is CC1CCCC(C(=O)C2C(C)OC(C)C2C)C1. The highest BCUT2D eigenvalue weighted by molar-refractivity contribution is 5.84. The van der Waals surface area contributed by atoms with Gasteiger partial charge in [-0.3, -0.25) is 4.79 Å². The van der Waals surface area contributed by atoms with Crippen LogP contribution in [0.25, 0.3) is 0 Å². The molecule has 1 saturated heterocycles. The van der Waals surface area contributed by atoms with Gasteiger partial charge < -0.3 is 4.74 Å². The molecule has 1 heterocycles. The number of ketones is 1. The normalized spacial score (nSPS) is 47.1. The van der Waals surface area contributed by atoms with Gasteiger partial charge in [0.15, 0.2) is 0 Å². The second-order valence-corrected chi connectivity index (χ2v) is 6.30. The first kappa shape index (κ1) is 13.1. The van der Waals surface area contributed by atoms with Gasteiger partial charge in [0.25, 0.3) is 0 Å². The van der Waals surface area contributed by atoms with E-state index in [1.807, 2.05) is 0 Å². The van der Waals surface area contributed by atoms with Crippen LogP contribution in [0, 0.1) is 23.7 Å². The van der Waals surface area contributed by atoms with Crippen LogP contribution in [0.2, 0.25) is 0 Å². The number of ether oxygens (including phenoxy) is 1. The summed E-state index contributed by atoms with van der Waals surface area (Å²) >= 11 is 0. The largest absolute Gasteiger partial charge is 0.375 e. The van der Waals surface area contributed by atoms with Gasteiger partial charge in [0.1, 0.15) is 5.78 Å². The van der Waals surface area contributed by atoms with Gasteiger partial charge >= 0.3 is 0 Å². The third kappa shape index (κ3) is 2.57. The summed E-state index contributed by atoms with van der Waals surface area (Å²) in [5, 5.41) is 0. The average Bonchev–Trinajstić information content (AvgIpc) is 2.52. The van der Waals surface area contributed by atoms with Gasteiger partial charge in [-0.05, 0) is 38.5 Å². The molecule has 1 aliphatic heterocycles. The lowest BCUT2D eigenvalue weighted by Gasteiger charge is -2.29. The summed E-state index contributed by atoms with van der Waals surface area (Å²) in [7, 11) is 0. The van der Waals surface area contributed by atoms with Crippen molar-refractivity contribution in [3.05, 3.63) is 0 Å². The quantitative estimate of drug-likeness (QED) is 0.736. The molecule has 1 saturated carbocycles. The van der Waals surface area contributed by atoms with Crippen LogP contribution in [0.1, 0.15) is 53.4 Å². The van der Waals surface area contributed by atoms with Gasteiger partial charge in [0, 0.05) is 11.8 Å². The lowest BCUT2D eigenvalue weighted by Crippen LogP contribution is -2.34. The minimum Gasteiger partial charge on any atom is -0.375 e. The van der Waals surface area contributed by atoms with Crippen LogP contribution in [0.4, 0.5) is 0 Å². The van der Waals surface area contributed by atoms with Gasteiger partial charge in [-0.1, -0.05) is 26.7 Å². The van der Waals surface area contributed by atoms with Crippen LogP contribution in [-0.4, -0.2) is 18.0 Å². The molecule has 98 valence electrons. The number of carbonyl (C=O) groups excluding carboxylic acids is 1. The lowest BCUT2D eigenvalue weighted by molar-refractivity contribution is -0.130. The van der Waals surface area contributed by atoms with Crippen LogP contribution >= 0.6 is 0 Å². The van der Waals surface area contributed by atoms with E-state index in [0.717, 1.165) is 18.8 Å². The molecule has 17 heavy (non-hydrogen) atoms. The van der Waals surface area contributed by atoms with Crippen molar-refractivity contribution in [3.63, 3.8) is 0 Å². The van der Waals surface area contributed by atoms with Gasteiger partial charge in [0.05, 0.1) is 12.2 Å². The van der Waals surface area contributed by atoms with E-state index in [1.165, 1.54) is 12.8 Å². The molecular weight excluding hydrogens is 212 g/mol. The van der Waals surface area contributed by atoms with Gasteiger partial charge in [0.2, 0.25) is 0 Å². The van der Waals surface area contributed by atoms with E-state index in [1.54, 1.807) is 0 Å². The fourth-order valence-electron chi connectivity index (χ4n) is 3.72. The number of hydrogen-bond acceptors (Lipinski definition) is 2. The Hall–Kier alpha value is -0.370. The van der Waals surface area contributed by atoms with Crippen molar-refractivity contribution in [2.24, 2.45) is 23.7 Å². The highest BCUT2D eigenvalue weighted by Gasteiger charge is 2.43. The van der Waals surface area contributed by atoms with Crippen molar-refractivity contribution in [1.82, 2.24) is 0 Å². The van der Waals surface area contributed by atoms with E-state index in [0.29, 0.717) is 17.6 Å². The van der Waals surface area contributed by atoms with Crippen molar-refractivity contribution in [2.75, 3.05) is 0 Å². The van der Waals surface area contributed by atoms with E-state index in [2.05, 4.69) is 27.7 Å². The van der Waals surface area contributed by atoms with Gasteiger partial charge in [-0.15, -0.1) is 0 Å². The number of hydrogen-bond donors (Lipinski definition) is 0. The first-order valence-electron chi connectivity index (χ1n) is 7.20. The molecule has 6 atom stereocenters. The molecule has 0 aromatic rings. The molecule has 0 N–H and O–H groups in total. The zero-order chi connectivity index (χ0) is 12.6. The topological polar surface area (TPSA) is 26.3 Å². The Bertz CT molecular complexity index is 287. The molecule has 6 unspecified atom stereocenters. The van der Waals surface area contributed by atoms with E-state index in [-0.39, 0.29) is 18.1 Å². The second kappa shape index (κ2) is 5.09. The Labute approximate surface area is 105 Å². The van der Waals surface area contributed by atoms with Crippen molar-refractivity contribution < 1.29 is 9.53 Å². The Morgan fingerprint density at radius 1 is 1.06 bits per heavy atom. The highest BCUT2D eigenvalue weighted by atomic mass is 16.5. The van der Waals surface area contributed by atoms with E-state index in [9.17, 15) is 4.79 Å². The molecule has 2 aliphatic rings. The minimum atomic E-state index is 0.115. The van der Waals surface area contributed by atoms with Crippen LogP contribution in [0.3, 0.4) is 0 Å². The molecular formula is C15H26O2. The Balaban J connectivity index is 2.04. The monoisotopic (exact) mass is 238 g/mol. The van der Waals surface area contributed by atoms with Crippen LogP contribution < -0.4 is 0 Å². The third-order valence-electron chi connectivity index (χ3n) is 4.91. The molecule has 0 aromatic carbocycles. The Morgan fingerprint density at radius 3 is 2.29 bits per heavy atom. The number of rotatable bonds is 2. The number of carbonyl (C=O) groups is 1. The van der Waals surface area contributed by atoms with E-state index >= 15 is 0 Å². The predicted molar refractivity (Wildman–Crippen MR) is 68.8 cm³/mol. The highest BCUT2D eigenvalue weighted by Crippen LogP contribution is 2.38. The molecule has 2 heteroatoms. The van der Waals surface area contributed by atoms with Crippen molar-refractivity contribution in [2.45, 2.75) is 65.6 Å². The first-order valence-corrected chi connectivity index (χ1v) is 7.20. The molecule has 0 radical (unpaired) electrons. The maximum Gasteiger partial charge on any atom is 0.141 e. The van der Waals surface area contributed by atoms with Crippen LogP contribution in [0.15, 0.2) is 0 Å². The maximum absolute atomic E-state index is 12.6. The molecule has 2 rings (SSSR count). The van der Waals surface area contributed by atoms with Crippen molar-refractivity contribution >= 4 is 5.78 Å². The minimum absolute atomic E-state index is 0.115. The molecule has 2 nitrogen and oxygen atoms in total. The average molecular weight is 238 g/mol. The summed E-state index contributed by atoms with van der Waals surface area (Å²) in [4.78, 5) is 12.6. The summed E-state index contributed by atoms with van der Waals surface area (Å²) < 4.78 is 5.80. The Morgan fingerprint density at radius 2 is 1.76 bits per heavy atom. The molecule has 0 spiro atoms. The zero-order valence-electron chi connectivity index (χ0n) is 11.6. The summed E-state index contributed by atoms with van der Waals surface area (Å²) in [5.74, 6) is 2.04. The van der Waals surface area contributed by atoms with E-state index < -0.39 is 0 Å². The molecule has 2 fully saturated rings. The van der Waals surface area contributed by atoms with Crippen LogP contribution in [0.5, 0.6) is 0 Å². The Kier molecular flexibility index (Phi) is 3.92.